The summed E-state index contributed by atoms with van der Waals surface area (Å²) in [4.78, 5) is 48.9. The molecule has 2 amide bonds. The van der Waals surface area contributed by atoms with Crippen molar-refractivity contribution in [2.75, 3.05) is 45.5 Å². The molecule has 0 bridgehead atoms. The van der Waals surface area contributed by atoms with Crippen LogP contribution in [0.5, 0.6) is 5.75 Å². The van der Waals surface area contributed by atoms with E-state index in [1.807, 2.05) is 32.2 Å². The van der Waals surface area contributed by atoms with Crippen LogP contribution in [-0.4, -0.2) is 78.0 Å². The van der Waals surface area contributed by atoms with Gasteiger partial charge in [0.15, 0.2) is 5.82 Å². The highest BCUT2D eigenvalue weighted by atomic mass is 35.5. The largest absolute Gasteiger partial charge is 0.493 e. The molecule has 0 atom stereocenters. The van der Waals surface area contributed by atoms with Crippen LogP contribution in [0.15, 0.2) is 54.9 Å². The minimum absolute atomic E-state index is 0.122. The van der Waals surface area contributed by atoms with E-state index in [0.717, 1.165) is 35.9 Å². The number of rotatable bonds is 16. The van der Waals surface area contributed by atoms with Crippen LogP contribution in [0.3, 0.4) is 0 Å². The summed E-state index contributed by atoms with van der Waals surface area (Å²) in [5, 5.41) is 7.60. The first-order valence-corrected chi connectivity index (χ1v) is 18.5. The second-order valence-corrected chi connectivity index (χ2v) is 13.8. The maximum Gasteiger partial charge on any atom is 0.330 e. The number of aryl methyl sites for hydroxylation is 1. The van der Waals surface area contributed by atoms with Crippen molar-refractivity contribution in [2.24, 2.45) is 7.05 Å². The maximum atomic E-state index is 13.8. The highest BCUT2D eigenvalue weighted by molar-refractivity contribution is 6.30. The van der Waals surface area contributed by atoms with E-state index in [0.29, 0.717) is 72.0 Å². The molecule has 12 nitrogen and oxygen atoms in total. The number of methoxy groups -OCH3 is 1. The summed E-state index contributed by atoms with van der Waals surface area (Å²) in [6.45, 7) is 3.52. The number of hydrogen-bond donors (Lipinski definition) is 2. The Balaban J connectivity index is 1.16. The Hall–Kier alpha value is -4.78. The third-order valence-electron chi connectivity index (χ3n) is 9.97. The lowest BCUT2D eigenvalue weighted by Gasteiger charge is -2.40. The van der Waals surface area contributed by atoms with Crippen LogP contribution in [0.25, 0.3) is 28.5 Å². The molecule has 2 fully saturated rings. The molecule has 53 heavy (non-hydrogen) atoms. The Morgan fingerprint density at radius 2 is 1.75 bits per heavy atom. The summed E-state index contributed by atoms with van der Waals surface area (Å²) in [5.41, 5.74) is 3.60. The van der Waals surface area contributed by atoms with Gasteiger partial charge in [0.2, 0.25) is 5.91 Å². The second-order valence-electron chi connectivity index (χ2n) is 13.4. The number of carbonyl (C=O) groups is 3. The molecule has 0 aliphatic heterocycles. The number of nitrogens with zero attached hydrogens (tertiary/aromatic N) is 3. The fourth-order valence-corrected chi connectivity index (χ4v) is 7.20. The molecule has 280 valence electrons. The summed E-state index contributed by atoms with van der Waals surface area (Å²) in [6.07, 6.45) is 12.5. The molecule has 0 radical (unpaired) electrons. The van der Waals surface area contributed by atoms with E-state index in [9.17, 15) is 14.4 Å². The molecule has 4 aromatic rings. The van der Waals surface area contributed by atoms with Gasteiger partial charge in [-0.25, -0.2) is 14.8 Å². The molecule has 2 aliphatic rings. The monoisotopic (exact) mass is 743 g/mol. The average Bonchev–Trinajstić information content (AvgIpc) is 3.77. The molecule has 2 aromatic heterocycles. The van der Waals surface area contributed by atoms with Crippen molar-refractivity contribution in [3.63, 3.8) is 0 Å². The quantitative estimate of drug-likeness (QED) is 0.0715. The van der Waals surface area contributed by atoms with Gasteiger partial charge in [0.1, 0.15) is 17.9 Å². The predicted molar refractivity (Wildman–Crippen MR) is 203 cm³/mol. The minimum atomic E-state index is -1.06. The Labute approximate surface area is 314 Å². The molecule has 6 rings (SSSR count). The van der Waals surface area contributed by atoms with Gasteiger partial charge in [-0.3, -0.25) is 9.59 Å². The fraction of sp³-hybridized carbons (Fsp3) is 0.425. The lowest BCUT2D eigenvalue weighted by Crippen LogP contribution is -2.61. The van der Waals surface area contributed by atoms with E-state index in [1.165, 1.54) is 24.5 Å². The van der Waals surface area contributed by atoms with Gasteiger partial charge in [-0.05, 0) is 80.9 Å². The Kier molecular flexibility index (Phi) is 12.4. The van der Waals surface area contributed by atoms with Crippen LogP contribution in [0, 0.1) is 0 Å². The van der Waals surface area contributed by atoms with Crippen LogP contribution in [0.1, 0.15) is 79.3 Å². The zero-order valence-corrected chi connectivity index (χ0v) is 31.2. The molecule has 2 heterocycles. The second kappa shape index (κ2) is 17.4. The number of carbonyl (C=O) groups excluding carboxylic acids is 3. The summed E-state index contributed by atoms with van der Waals surface area (Å²) in [6, 6.07) is 10.9. The average molecular weight is 744 g/mol. The number of anilines is 1. The first kappa shape index (κ1) is 38.0. The molecular formula is C40H46ClN5O7. The van der Waals surface area contributed by atoms with Gasteiger partial charge in [-0.2, -0.15) is 0 Å². The summed E-state index contributed by atoms with van der Waals surface area (Å²) >= 11 is 6.12. The van der Waals surface area contributed by atoms with Gasteiger partial charge in [-0.15, -0.1) is 0 Å². The molecule has 2 saturated carbocycles. The van der Waals surface area contributed by atoms with Crippen molar-refractivity contribution in [1.82, 2.24) is 19.9 Å². The van der Waals surface area contributed by atoms with E-state index in [2.05, 4.69) is 25.2 Å². The van der Waals surface area contributed by atoms with E-state index in [4.69, 9.17) is 30.5 Å². The van der Waals surface area contributed by atoms with Gasteiger partial charge in [0.25, 0.3) is 5.91 Å². The highest BCUT2D eigenvalue weighted by Crippen LogP contribution is 2.44. The van der Waals surface area contributed by atoms with Crippen LogP contribution in [-0.2, 0) is 30.8 Å². The Morgan fingerprint density at radius 3 is 2.45 bits per heavy atom. The Bertz CT molecular complexity index is 1970. The summed E-state index contributed by atoms with van der Waals surface area (Å²) in [7, 11) is 3.56. The molecule has 2 aliphatic carbocycles. The van der Waals surface area contributed by atoms with Gasteiger partial charge in [0.05, 0.1) is 37.1 Å². The van der Waals surface area contributed by atoms with Crippen LogP contribution < -0.4 is 15.4 Å². The van der Waals surface area contributed by atoms with Gasteiger partial charge < -0.3 is 34.1 Å². The molecule has 2 aromatic carbocycles. The molecule has 0 unspecified atom stereocenters. The van der Waals surface area contributed by atoms with Crippen LogP contribution in [0.4, 0.5) is 5.69 Å². The molecule has 2 N–H and O–H groups in total. The van der Waals surface area contributed by atoms with E-state index in [1.54, 1.807) is 43.8 Å². The van der Waals surface area contributed by atoms with Crippen LogP contribution in [0.2, 0.25) is 5.02 Å². The normalized spacial score (nSPS) is 15.4. The van der Waals surface area contributed by atoms with Crippen molar-refractivity contribution in [3.8, 4) is 17.3 Å². The number of nitrogens with one attached hydrogen (secondary N) is 2. The number of fused-ring (bicyclic) bond motifs is 1. The number of halogens is 1. The van der Waals surface area contributed by atoms with Crippen molar-refractivity contribution < 1.29 is 33.3 Å². The van der Waals surface area contributed by atoms with E-state index >= 15 is 0 Å². The van der Waals surface area contributed by atoms with Crippen molar-refractivity contribution in [3.05, 3.63) is 76.6 Å². The van der Waals surface area contributed by atoms with Gasteiger partial charge >= 0.3 is 5.97 Å². The highest BCUT2D eigenvalue weighted by Gasteiger charge is 2.45. The molecule has 0 spiro atoms. The van der Waals surface area contributed by atoms with Crippen molar-refractivity contribution >= 4 is 52.1 Å². The number of esters is 1. The molecular weight excluding hydrogens is 698 g/mol. The number of hydrogen-bond acceptors (Lipinski definition) is 9. The van der Waals surface area contributed by atoms with Crippen molar-refractivity contribution in [2.45, 2.75) is 63.3 Å². The van der Waals surface area contributed by atoms with Crippen molar-refractivity contribution in [1.29, 1.82) is 0 Å². The first-order chi connectivity index (χ1) is 25.7. The van der Waals surface area contributed by atoms with E-state index < -0.39 is 11.5 Å². The Morgan fingerprint density at radius 1 is 1.00 bits per heavy atom. The maximum absolute atomic E-state index is 13.8. The van der Waals surface area contributed by atoms with Gasteiger partial charge in [-0.1, -0.05) is 30.5 Å². The third-order valence-corrected chi connectivity index (χ3v) is 10.2. The SMILES string of the molecule is CCOc1cc(NC(=O)C2(NC(=O)c3ccc4c(C5CCCC5)c(-c5ncc(Cl)cn5)n(C)c4c3)CCC2)ccc1/C=C/C(=O)OCCOCCOC. The summed E-state index contributed by atoms with van der Waals surface area (Å²) in [5.74, 6) is 0.324. The van der Waals surface area contributed by atoms with Gasteiger partial charge in [0, 0.05) is 66.4 Å². The van der Waals surface area contributed by atoms with E-state index in [-0.39, 0.29) is 25.0 Å². The number of ether oxygens (including phenoxy) is 4. The number of amides is 2. The van der Waals surface area contributed by atoms with Crippen LogP contribution >= 0.6 is 11.6 Å². The topological polar surface area (TPSA) is 143 Å². The fourth-order valence-electron chi connectivity index (χ4n) is 7.10. The first-order valence-electron chi connectivity index (χ1n) is 18.2. The summed E-state index contributed by atoms with van der Waals surface area (Å²) < 4.78 is 23.3. The zero-order valence-electron chi connectivity index (χ0n) is 30.4. The number of aromatic nitrogens is 3. The molecule has 0 saturated heterocycles. The lowest BCUT2D eigenvalue weighted by atomic mass is 9.75. The zero-order chi connectivity index (χ0) is 37.4. The molecule has 13 heteroatoms. The third kappa shape index (κ3) is 8.72. The minimum Gasteiger partial charge on any atom is -0.493 e. The lowest BCUT2D eigenvalue weighted by molar-refractivity contribution is -0.139. The standard InChI is InChI=1S/C40H46ClN5O7/c1-4-52-33-23-30(13-10-26(33)12-15-34(47)53-21-20-51-19-18-50-3)44-39(49)40(16-7-17-40)45-38(48)28-11-14-31-32(22-28)46(2)36(35(31)27-8-5-6-9-27)37-42-24-29(41)25-43-37/h10-15,22-25,27H,4-9,16-21H2,1-3H3,(H,44,49)(H,45,48)/b15-12+. The smallest absolute Gasteiger partial charge is 0.330 e. The predicted octanol–water partition coefficient (Wildman–Crippen LogP) is 6.86. The number of benzene rings is 2.